The van der Waals surface area contributed by atoms with Crippen molar-refractivity contribution in [3.8, 4) is 5.75 Å². The molecule has 0 spiro atoms. The van der Waals surface area contributed by atoms with E-state index < -0.39 is 5.97 Å². The number of hydrogen-bond donors (Lipinski definition) is 1. The highest BCUT2D eigenvalue weighted by Gasteiger charge is 2.26. The summed E-state index contributed by atoms with van der Waals surface area (Å²) in [5.74, 6) is 0.0713. The fraction of sp³-hybridized carbons (Fsp3) is 0.467. The highest BCUT2D eigenvalue weighted by molar-refractivity contribution is 5.66. The van der Waals surface area contributed by atoms with Gasteiger partial charge in [-0.25, -0.2) is 0 Å². The van der Waals surface area contributed by atoms with Gasteiger partial charge in [-0.3, -0.25) is 9.59 Å². The molecule has 5 nitrogen and oxygen atoms in total. The molecule has 1 aliphatic rings. The number of para-hydroxylation sites is 1. The Labute approximate surface area is 118 Å². The van der Waals surface area contributed by atoms with E-state index in [9.17, 15) is 9.59 Å². The molecule has 1 N–H and O–H groups in total. The number of carboxylic acid groups (broad SMARTS) is 1. The number of aliphatic carboxylic acids is 1. The van der Waals surface area contributed by atoms with Gasteiger partial charge < -0.3 is 14.7 Å². The van der Waals surface area contributed by atoms with Crippen LogP contribution in [0.4, 0.5) is 0 Å². The maximum absolute atomic E-state index is 11.2. The quantitative estimate of drug-likeness (QED) is 0.583. The molecule has 1 atom stereocenters. The fourth-order valence-electron chi connectivity index (χ4n) is 2.36. The Balaban J connectivity index is 1.76. The highest BCUT2D eigenvalue weighted by atomic mass is 16.5. The molecule has 1 heterocycles. The van der Waals surface area contributed by atoms with Crippen molar-refractivity contribution >= 4 is 12.4 Å². The molecule has 5 heteroatoms. The lowest BCUT2D eigenvalue weighted by molar-refractivity contribution is -0.137. The third-order valence-electron chi connectivity index (χ3n) is 3.44. The van der Waals surface area contributed by atoms with E-state index in [4.69, 9.17) is 9.84 Å². The number of nitrogens with zero attached hydrogens (tertiary/aromatic N) is 1. The number of benzene rings is 1. The first-order valence-corrected chi connectivity index (χ1v) is 6.88. The number of fused-ring (bicyclic) bond motifs is 1. The van der Waals surface area contributed by atoms with Crippen molar-refractivity contribution in [2.75, 3.05) is 6.54 Å². The molecule has 20 heavy (non-hydrogen) atoms. The van der Waals surface area contributed by atoms with Crippen molar-refractivity contribution < 1.29 is 19.4 Å². The minimum absolute atomic E-state index is 0.187. The van der Waals surface area contributed by atoms with E-state index in [1.807, 2.05) is 24.3 Å². The number of amides is 1. The normalized spacial score (nSPS) is 16.3. The summed E-state index contributed by atoms with van der Waals surface area (Å²) in [7, 11) is 0. The predicted octanol–water partition coefficient (Wildman–Crippen LogP) is 2.05. The molecule has 108 valence electrons. The lowest BCUT2D eigenvalue weighted by atomic mass is 10.1. The molecule has 0 saturated carbocycles. The molecule has 0 aliphatic carbocycles. The van der Waals surface area contributed by atoms with Crippen molar-refractivity contribution in [1.29, 1.82) is 0 Å². The van der Waals surface area contributed by atoms with E-state index in [-0.39, 0.29) is 12.6 Å². The van der Waals surface area contributed by atoms with E-state index in [1.165, 1.54) is 0 Å². The summed E-state index contributed by atoms with van der Waals surface area (Å²) < 4.78 is 5.76. The van der Waals surface area contributed by atoms with Crippen LogP contribution >= 0.6 is 0 Å². The van der Waals surface area contributed by atoms with Gasteiger partial charge in [-0.15, -0.1) is 0 Å². The second kappa shape index (κ2) is 6.93. The van der Waals surface area contributed by atoms with Gasteiger partial charge in [-0.2, -0.15) is 0 Å². The third kappa shape index (κ3) is 3.73. The van der Waals surface area contributed by atoms with Gasteiger partial charge in [0.25, 0.3) is 0 Å². The topological polar surface area (TPSA) is 66.8 Å². The molecule has 1 aliphatic heterocycles. The zero-order valence-corrected chi connectivity index (χ0v) is 11.3. The summed E-state index contributed by atoms with van der Waals surface area (Å²) in [6, 6.07) is 7.79. The Bertz CT molecular complexity index is 450. The van der Waals surface area contributed by atoms with Crippen LogP contribution in [0.2, 0.25) is 0 Å². The molecule has 0 radical (unpaired) electrons. The molecule has 1 amide bonds. The molecule has 1 aromatic carbocycles. The molecule has 1 aromatic rings. The molecule has 0 aromatic heterocycles. The number of hydrogen-bond acceptors (Lipinski definition) is 3. The summed E-state index contributed by atoms with van der Waals surface area (Å²) in [6.07, 6.45) is 3.72. The third-order valence-corrected chi connectivity index (χ3v) is 3.44. The SMILES string of the molecule is O=CN(CCCCCC(=O)O)C1Cc2ccccc2O1. The van der Waals surface area contributed by atoms with Crippen LogP contribution in [0, 0.1) is 0 Å². The first kappa shape index (κ1) is 14.4. The Morgan fingerprint density at radius 1 is 1.35 bits per heavy atom. The highest BCUT2D eigenvalue weighted by Crippen LogP contribution is 2.29. The number of carbonyl (C=O) groups is 2. The van der Waals surface area contributed by atoms with Crippen molar-refractivity contribution in [2.24, 2.45) is 0 Å². The van der Waals surface area contributed by atoms with Crippen LogP contribution in [0.1, 0.15) is 31.2 Å². The molecule has 2 rings (SSSR count). The van der Waals surface area contributed by atoms with Gasteiger partial charge in [-0.1, -0.05) is 24.6 Å². The Morgan fingerprint density at radius 2 is 2.15 bits per heavy atom. The van der Waals surface area contributed by atoms with E-state index in [0.29, 0.717) is 19.4 Å². The smallest absolute Gasteiger partial charge is 0.303 e. The van der Waals surface area contributed by atoms with E-state index in [1.54, 1.807) is 4.90 Å². The summed E-state index contributed by atoms with van der Waals surface area (Å²) >= 11 is 0. The maximum atomic E-state index is 11.2. The van der Waals surface area contributed by atoms with Crippen LogP contribution in [0.25, 0.3) is 0 Å². The van der Waals surface area contributed by atoms with Gasteiger partial charge >= 0.3 is 5.97 Å². The van der Waals surface area contributed by atoms with Crippen molar-refractivity contribution in [3.05, 3.63) is 29.8 Å². The van der Waals surface area contributed by atoms with E-state index in [2.05, 4.69) is 0 Å². The number of ether oxygens (including phenoxy) is 1. The summed E-state index contributed by atoms with van der Waals surface area (Å²) in [4.78, 5) is 23.2. The van der Waals surface area contributed by atoms with Crippen molar-refractivity contribution in [3.63, 3.8) is 0 Å². The van der Waals surface area contributed by atoms with Gasteiger partial charge in [0.05, 0.1) is 0 Å². The molecule has 0 saturated heterocycles. The van der Waals surface area contributed by atoms with Gasteiger partial charge in [0.1, 0.15) is 5.75 Å². The summed E-state index contributed by atoms with van der Waals surface area (Å²) in [5, 5.41) is 8.55. The van der Waals surface area contributed by atoms with E-state index in [0.717, 1.165) is 30.6 Å². The molecule has 0 bridgehead atoms. The molecular formula is C15H19NO4. The molecular weight excluding hydrogens is 258 g/mol. The second-order valence-corrected chi connectivity index (χ2v) is 4.93. The number of unbranched alkanes of at least 4 members (excludes halogenated alkanes) is 2. The maximum Gasteiger partial charge on any atom is 0.303 e. The van der Waals surface area contributed by atoms with Crippen LogP contribution in [-0.2, 0) is 16.0 Å². The summed E-state index contributed by atoms with van der Waals surface area (Å²) in [5.41, 5.74) is 1.12. The average molecular weight is 277 g/mol. The zero-order valence-electron chi connectivity index (χ0n) is 11.3. The van der Waals surface area contributed by atoms with Gasteiger partial charge in [-0.05, 0) is 24.5 Å². The molecule has 0 fully saturated rings. The van der Waals surface area contributed by atoms with Gasteiger partial charge in [0, 0.05) is 19.4 Å². The monoisotopic (exact) mass is 277 g/mol. The van der Waals surface area contributed by atoms with Gasteiger partial charge in [0.15, 0.2) is 6.23 Å². The van der Waals surface area contributed by atoms with Crippen LogP contribution in [0.5, 0.6) is 5.75 Å². The van der Waals surface area contributed by atoms with Crippen LogP contribution in [0.15, 0.2) is 24.3 Å². The Kier molecular flexibility index (Phi) is 4.98. The van der Waals surface area contributed by atoms with Crippen LogP contribution in [-0.4, -0.2) is 35.2 Å². The average Bonchev–Trinajstić information content (AvgIpc) is 2.86. The zero-order chi connectivity index (χ0) is 14.4. The minimum Gasteiger partial charge on any atom is -0.481 e. The van der Waals surface area contributed by atoms with Gasteiger partial charge in [0.2, 0.25) is 6.41 Å². The lowest BCUT2D eigenvalue weighted by Gasteiger charge is -2.24. The Morgan fingerprint density at radius 3 is 2.85 bits per heavy atom. The predicted molar refractivity (Wildman–Crippen MR) is 73.4 cm³/mol. The lowest BCUT2D eigenvalue weighted by Crippen LogP contribution is -2.38. The van der Waals surface area contributed by atoms with Crippen LogP contribution in [0.3, 0.4) is 0 Å². The van der Waals surface area contributed by atoms with Crippen LogP contribution < -0.4 is 4.74 Å². The number of rotatable bonds is 8. The second-order valence-electron chi connectivity index (χ2n) is 4.93. The first-order valence-electron chi connectivity index (χ1n) is 6.88. The summed E-state index contributed by atoms with van der Waals surface area (Å²) in [6.45, 7) is 0.599. The minimum atomic E-state index is -0.771. The largest absolute Gasteiger partial charge is 0.481 e. The Hall–Kier alpha value is -2.04. The standard InChI is InChI=1S/C15H19NO4/c17-11-16(9-5-1-2-8-15(18)19)14-10-12-6-3-4-7-13(12)20-14/h3-4,6-7,11,14H,1-2,5,8-10H2,(H,18,19). The molecule has 1 unspecified atom stereocenters. The number of carboxylic acids is 1. The van der Waals surface area contributed by atoms with Crippen molar-refractivity contribution in [2.45, 2.75) is 38.3 Å². The first-order chi connectivity index (χ1) is 9.70. The number of carbonyl (C=O) groups excluding carboxylic acids is 1. The fourth-order valence-corrected chi connectivity index (χ4v) is 2.36. The van der Waals surface area contributed by atoms with E-state index >= 15 is 0 Å². The van der Waals surface area contributed by atoms with Crippen molar-refractivity contribution in [1.82, 2.24) is 4.90 Å².